The van der Waals surface area contributed by atoms with Crippen LogP contribution in [0, 0.1) is 0 Å². The average molecular weight is 407 g/mol. The van der Waals surface area contributed by atoms with Gasteiger partial charge in [0.1, 0.15) is 5.75 Å². The molecule has 0 spiro atoms. The van der Waals surface area contributed by atoms with Gasteiger partial charge in [-0.3, -0.25) is 0 Å². The van der Waals surface area contributed by atoms with E-state index in [1.165, 1.54) is 12.0 Å². The summed E-state index contributed by atoms with van der Waals surface area (Å²) in [6, 6.07) is 4.58. The van der Waals surface area contributed by atoms with E-state index in [1.807, 2.05) is 6.92 Å². The molecular weight excluding hydrogens is 386 g/mol. The number of nitrogens with one attached hydrogen (secondary N) is 1. The monoisotopic (exact) mass is 405 g/mol. The van der Waals surface area contributed by atoms with Crippen LogP contribution in [0.4, 0.5) is 0 Å². The Morgan fingerprint density at radius 2 is 2.10 bits per heavy atom. The summed E-state index contributed by atoms with van der Waals surface area (Å²) in [5.74, 6) is 0.864. The normalized spacial score (nSPS) is 20.1. The van der Waals surface area contributed by atoms with E-state index in [0.717, 1.165) is 34.3 Å². The van der Waals surface area contributed by atoms with E-state index in [2.05, 4.69) is 56.2 Å². The summed E-state index contributed by atoms with van der Waals surface area (Å²) in [7, 11) is 0. The highest BCUT2D eigenvalue weighted by molar-refractivity contribution is 9.11. The van der Waals surface area contributed by atoms with Crippen molar-refractivity contribution in [2.75, 3.05) is 13.2 Å². The van der Waals surface area contributed by atoms with Crippen LogP contribution in [0.1, 0.15) is 32.3 Å². The summed E-state index contributed by atoms with van der Waals surface area (Å²) < 4.78 is 13.3. The smallest absolute Gasteiger partial charge is 0.147 e. The minimum Gasteiger partial charge on any atom is -0.492 e. The molecule has 112 valence electrons. The van der Waals surface area contributed by atoms with Crippen LogP contribution < -0.4 is 10.1 Å². The Morgan fingerprint density at radius 3 is 2.65 bits per heavy atom. The van der Waals surface area contributed by atoms with E-state index in [-0.39, 0.29) is 0 Å². The average Bonchev–Trinajstić information content (AvgIpc) is 2.94. The molecule has 0 unspecified atom stereocenters. The van der Waals surface area contributed by atoms with E-state index in [4.69, 9.17) is 9.47 Å². The van der Waals surface area contributed by atoms with Gasteiger partial charge in [-0.15, -0.1) is 0 Å². The first kappa shape index (κ1) is 16.3. The minimum atomic E-state index is 0.351. The van der Waals surface area contributed by atoms with E-state index in [0.29, 0.717) is 18.8 Å². The first-order chi connectivity index (χ1) is 9.61. The minimum absolute atomic E-state index is 0.351. The van der Waals surface area contributed by atoms with Crippen molar-refractivity contribution in [2.45, 2.75) is 45.4 Å². The van der Waals surface area contributed by atoms with Crippen LogP contribution in [0.25, 0.3) is 0 Å². The number of ether oxygens (including phenoxy) is 2. The van der Waals surface area contributed by atoms with Gasteiger partial charge in [0.25, 0.3) is 0 Å². The van der Waals surface area contributed by atoms with Gasteiger partial charge in [0.05, 0.1) is 21.7 Å². The Hall–Kier alpha value is -0.100. The molecule has 0 bridgehead atoms. The molecule has 3 nitrogen and oxygen atoms in total. The molecule has 0 radical (unpaired) electrons. The van der Waals surface area contributed by atoms with Crippen molar-refractivity contribution >= 4 is 31.9 Å². The van der Waals surface area contributed by atoms with Crippen LogP contribution in [-0.2, 0) is 11.3 Å². The van der Waals surface area contributed by atoms with Gasteiger partial charge in [-0.1, -0.05) is 0 Å². The van der Waals surface area contributed by atoms with Crippen molar-refractivity contribution in [1.82, 2.24) is 5.32 Å². The predicted octanol–water partition coefficient (Wildman–Crippen LogP) is 4.27. The van der Waals surface area contributed by atoms with Gasteiger partial charge in [0, 0.05) is 19.2 Å². The maximum Gasteiger partial charge on any atom is 0.147 e. The molecule has 0 amide bonds. The second kappa shape index (κ2) is 7.78. The topological polar surface area (TPSA) is 30.5 Å². The van der Waals surface area contributed by atoms with Crippen molar-refractivity contribution in [3.63, 3.8) is 0 Å². The quantitative estimate of drug-likeness (QED) is 0.765. The molecule has 2 atom stereocenters. The zero-order valence-corrected chi connectivity index (χ0v) is 15.1. The molecule has 1 aromatic rings. The number of rotatable bonds is 6. The van der Waals surface area contributed by atoms with Crippen molar-refractivity contribution in [1.29, 1.82) is 0 Å². The van der Waals surface area contributed by atoms with Crippen molar-refractivity contribution < 1.29 is 9.47 Å². The highest BCUT2D eigenvalue weighted by Crippen LogP contribution is 2.34. The summed E-state index contributed by atoms with van der Waals surface area (Å²) in [6.07, 6.45) is 2.69. The molecule has 1 aliphatic rings. The molecule has 1 N–H and O–H groups in total. The van der Waals surface area contributed by atoms with Crippen LogP contribution in [0.2, 0.25) is 0 Å². The van der Waals surface area contributed by atoms with E-state index in [9.17, 15) is 0 Å². The molecular formula is C15H21Br2NO2. The molecule has 20 heavy (non-hydrogen) atoms. The van der Waals surface area contributed by atoms with Gasteiger partial charge in [-0.25, -0.2) is 0 Å². The second-order valence-corrected chi connectivity index (χ2v) is 6.75. The summed E-state index contributed by atoms with van der Waals surface area (Å²) in [5.41, 5.74) is 1.22. The Labute approximate surface area is 137 Å². The summed E-state index contributed by atoms with van der Waals surface area (Å²) in [4.78, 5) is 0. The first-order valence-corrected chi connectivity index (χ1v) is 8.66. The zero-order valence-electron chi connectivity index (χ0n) is 11.9. The fourth-order valence-corrected chi connectivity index (χ4v) is 3.91. The molecule has 1 aliphatic heterocycles. The molecule has 5 heteroatoms. The molecule has 1 fully saturated rings. The van der Waals surface area contributed by atoms with Gasteiger partial charge in [0.2, 0.25) is 0 Å². The Balaban J connectivity index is 1.95. The van der Waals surface area contributed by atoms with Crippen LogP contribution in [0.15, 0.2) is 21.1 Å². The van der Waals surface area contributed by atoms with E-state index >= 15 is 0 Å². The maximum absolute atomic E-state index is 5.70. The number of benzene rings is 1. The van der Waals surface area contributed by atoms with Gasteiger partial charge >= 0.3 is 0 Å². The lowest BCUT2D eigenvalue weighted by molar-refractivity contribution is 0.0832. The first-order valence-electron chi connectivity index (χ1n) is 7.07. The Bertz CT molecular complexity index is 424. The third-order valence-electron chi connectivity index (χ3n) is 3.50. The van der Waals surface area contributed by atoms with Crippen LogP contribution in [0.5, 0.6) is 5.75 Å². The predicted molar refractivity (Wildman–Crippen MR) is 88.3 cm³/mol. The Kier molecular flexibility index (Phi) is 6.33. The third kappa shape index (κ3) is 4.20. The highest BCUT2D eigenvalue weighted by Gasteiger charge is 2.21. The number of hydrogen-bond donors (Lipinski definition) is 1. The second-order valence-electron chi connectivity index (χ2n) is 5.04. The Morgan fingerprint density at radius 1 is 1.40 bits per heavy atom. The fourth-order valence-electron chi connectivity index (χ4n) is 2.40. The van der Waals surface area contributed by atoms with Crippen LogP contribution in [-0.4, -0.2) is 25.4 Å². The summed E-state index contributed by atoms with van der Waals surface area (Å²) in [6.45, 7) is 6.55. The fraction of sp³-hybridized carbons (Fsp3) is 0.600. The lowest BCUT2D eigenvalue weighted by Crippen LogP contribution is -2.36. The SMILES string of the molecule is CCOc1c(Br)cc(CN[C@H](C)[C@H]2CCCO2)cc1Br. The summed E-state index contributed by atoms with van der Waals surface area (Å²) >= 11 is 7.13. The highest BCUT2D eigenvalue weighted by atomic mass is 79.9. The van der Waals surface area contributed by atoms with Crippen LogP contribution >= 0.6 is 31.9 Å². The zero-order chi connectivity index (χ0) is 14.5. The molecule has 0 aromatic heterocycles. The van der Waals surface area contributed by atoms with E-state index in [1.54, 1.807) is 0 Å². The number of halogens is 2. The van der Waals surface area contributed by atoms with E-state index < -0.39 is 0 Å². The third-order valence-corrected chi connectivity index (χ3v) is 4.68. The van der Waals surface area contributed by atoms with Crippen LogP contribution in [0.3, 0.4) is 0 Å². The maximum atomic E-state index is 5.70. The van der Waals surface area contributed by atoms with Crippen molar-refractivity contribution in [3.05, 3.63) is 26.6 Å². The molecule has 0 saturated carbocycles. The van der Waals surface area contributed by atoms with Gasteiger partial charge < -0.3 is 14.8 Å². The standard InChI is InChI=1S/C15H21Br2NO2/c1-3-19-15-12(16)7-11(8-13(15)17)9-18-10(2)14-5-4-6-20-14/h7-8,10,14,18H,3-6,9H2,1-2H3/t10-,14-/m1/s1. The lowest BCUT2D eigenvalue weighted by atomic mass is 10.1. The molecule has 2 rings (SSSR count). The lowest BCUT2D eigenvalue weighted by Gasteiger charge is -2.20. The summed E-state index contributed by atoms with van der Waals surface area (Å²) in [5, 5.41) is 3.54. The molecule has 1 aromatic carbocycles. The molecule has 0 aliphatic carbocycles. The van der Waals surface area contributed by atoms with Crippen molar-refractivity contribution in [2.24, 2.45) is 0 Å². The molecule has 1 heterocycles. The van der Waals surface area contributed by atoms with Gasteiger partial charge in [0.15, 0.2) is 0 Å². The van der Waals surface area contributed by atoms with Gasteiger partial charge in [-0.05, 0) is 76.2 Å². The van der Waals surface area contributed by atoms with Crippen molar-refractivity contribution in [3.8, 4) is 5.75 Å². The van der Waals surface area contributed by atoms with Gasteiger partial charge in [-0.2, -0.15) is 0 Å². The number of hydrogen-bond acceptors (Lipinski definition) is 3. The largest absolute Gasteiger partial charge is 0.492 e. The molecule has 1 saturated heterocycles.